The first-order chi connectivity index (χ1) is 14.1. The van der Waals surface area contributed by atoms with Crippen LogP contribution in [0, 0.1) is 11.3 Å². The fourth-order valence-electron chi connectivity index (χ4n) is 5.60. The molecule has 162 valence electrons. The predicted molar refractivity (Wildman–Crippen MR) is 99.5 cm³/mol. The van der Waals surface area contributed by atoms with E-state index in [1.54, 1.807) is 9.80 Å². The highest BCUT2D eigenvalue weighted by molar-refractivity contribution is 5.82. The number of carbonyl (C=O) groups is 2. The Kier molecular flexibility index (Phi) is 4.05. The van der Waals surface area contributed by atoms with Crippen molar-refractivity contribution in [2.24, 2.45) is 11.3 Å². The zero-order chi connectivity index (χ0) is 21.3. The Morgan fingerprint density at radius 2 is 1.77 bits per heavy atom. The molecular formula is C20H23F3N4O3. The fourth-order valence-corrected chi connectivity index (χ4v) is 5.60. The lowest BCUT2D eigenvalue weighted by Gasteiger charge is -2.61. The van der Waals surface area contributed by atoms with Gasteiger partial charge in [-0.15, -0.1) is 0 Å². The number of urea groups is 1. The van der Waals surface area contributed by atoms with Crippen molar-refractivity contribution >= 4 is 11.9 Å². The highest BCUT2D eigenvalue weighted by atomic mass is 19.4. The molecule has 7 nitrogen and oxygen atoms in total. The third-order valence-corrected chi connectivity index (χ3v) is 7.02. The van der Waals surface area contributed by atoms with Gasteiger partial charge in [-0.25, -0.2) is 4.79 Å². The summed E-state index contributed by atoms with van der Waals surface area (Å²) in [5, 5.41) is 2.96. The number of nitrogens with one attached hydrogen (secondary N) is 1. The Hall–Kier alpha value is -2.52. The summed E-state index contributed by atoms with van der Waals surface area (Å²) in [5.74, 6) is 0.190. The summed E-state index contributed by atoms with van der Waals surface area (Å²) >= 11 is 0. The van der Waals surface area contributed by atoms with Gasteiger partial charge < -0.3 is 19.7 Å². The van der Waals surface area contributed by atoms with E-state index >= 15 is 0 Å². The summed E-state index contributed by atoms with van der Waals surface area (Å²) in [6.45, 7) is 2.68. The van der Waals surface area contributed by atoms with Crippen molar-refractivity contribution in [1.29, 1.82) is 0 Å². The number of halogens is 3. The number of carbonyl (C=O) groups excluding carboxylic acids is 2. The summed E-state index contributed by atoms with van der Waals surface area (Å²) in [5.41, 5.74) is -1.44. The number of hydrogen-bond acceptors (Lipinski definition) is 3. The van der Waals surface area contributed by atoms with E-state index in [2.05, 4.69) is 5.32 Å². The molecule has 1 saturated carbocycles. The van der Waals surface area contributed by atoms with E-state index < -0.39 is 17.3 Å². The van der Waals surface area contributed by atoms with Gasteiger partial charge in [0.25, 0.3) is 5.56 Å². The predicted octanol–water partition coefficient (Wildman–Crippen LogP) is 1.66. The zero-order valence-electron chi connectivity index (χ0n) is 16.4. The van der Waals surface area contributed by atoms with E-state index in [0.717, 1.165) is 42.2 Å². The number of nitrogens with zero attached hydrogens (tertiary/aromatic N) is 3. The van der Waals surface area contributed by atoms with Gasteiger partial charge in [0.2, 0.25) is 5.91 Å². The van der Waals surface area contributed by atoms with Gasteiger partial charge in [0, 0.05) is 56.8 Å². The maximum atomic E-state index is 12.9. The largest absolute Gasteiger partial charge is 0.417 e. The van der Waals surface area contributed by atoms with Gasteiger partial charge in [-0.3, -0.25) is 9.59 Å². The van der Waals surface area contributed by atoms with Crippen molar-refractivity contribution in [2.45, 2.75) is 43.9 Å². The van der Waals surface area contributed by atoms with Crippen molar-refractivity contribution in [3.05, 3.63) is 34.2 Å². The van der Waals surface area contributed by atoms with E-state index in [1.807, 2.05) is 0 Å². The fraction of sp³-hybridized carbons (Fsp3) is 0.650. The van der Waals surface area contributed by atoms with Crippen molar-refractivity contribution in [3.63, 3.8) is 0 Å². The molecule has 30 heavy (non-hydrogen) atoms. The van der Waals surface area contributed by atoms with E-state index in [4.69, 9.17) is 0 Å². The van der Waals surface area contributed by atoms with Crippen LogP contribution in [0.4, 0.5) is 18.0 Å². The molecule has 1 aromatic rings. The lowest BCUT2D eigenvalue weighted by Crippen LogP contribution is -2.73. The lowest BCUT2D eigenvalue weighted by atomic mass is 9.57. The summed E-state index contributed by atoms with van der Waals surface area (Å²) < 4.78 is 39.8. The average Bonchev–Trinajstić information content (AvgIpc) is 2.96. The molecule has 10 heteroatoms. The SMILES string of the molecule is O=C1CCC2(CN(C(=O)N3CC4(CC(Cn5cc(C(F)(F)F)ccc5=O)C4)C3)C2)N1. The topological polar surface area (TPSA) is 74.7 Å². The normalized spacial score (nSPS) is 24.4. The second-order valence-corrected chi connectivity index (χ2v) is 9.50. The molecule has 1 N–H and O–H groups in total. The number of rotatable bonds is 2. The van der Waals surface area contributed by atoms with Crippen LogP contribution in [-0.2, 0) is 17.5 Å². The summed E-state index contributed by atoms with van der Waals surface area (Å²) in [7, 11) is 0. The minimum Gasteiger partial charge on any atom is -0.347 e. The van der Waals surface area contributed by atoms with Gasteiger partial charge in [-0.05, 0) is 31.2 Å². The molecular weight excluding hydrogens is 401 g/mol. The van der Waals surface area contributed by atoms with Crippen LogP contribution >= 0.6 is 0 Å². The molecule has 3 saturated heterocycles. The molecule has 3 aliphatic heterocycles. The van der Waals surface area contributed by atoms with Crippen LogP contribution in [-0.4, -0.2) is 58.0 Å². The minimum atomic E-state index is -4.47. The third-order valence-electron chi connectivity index (χ3n) is 7.02. The molecule has 0 atom stereocenters. The van der Waals surface area contributed by atoms with Crippen LogP contribution in [0.15, 0.2) is 23.1 Å². The number of alkyl halides is 3. The molecule has 1 aromatic heterocycles. The van der Waals surface area contributed by atoms with Crippen molar-refractivity contribution < 1.29 is 22.8 Å². The maximum absolute atomic E-state index is 12.9. The Labute approximate surface area is 170 Å². The molecule has 0 unspecified atom stereocenters. The Morgan fingerprint density at radius 1 is 1.10 bits per heavy atom. The minimum absolute atomic E-state index is 0.00931. The standard InChI is InChI=1S/C20H23F3N4O3/c21-20(22,23)14-1-2-16(29)25(8-14)7-13-5-18(6-13)9-26(10-18)17(30)27-11-19(12-27)4-3-15(28)24-19/h1-2,8,13H,3-7,9-12H2,(H,24,28). The van der Waals surface area contributed by atoms with Crippen molar-refractivity contribution in [2.75, 3.05) is 26.2 Å². The molecule has 4 aliphatic rings. The second-order valence-electron chi connectivity index (χ2n) is 9.50. The van der Waals surface area contributed by atoms with Crippen LogP contribution in [0.3, 0.4) is 0 Å². The highest BCUT2D eigenvalue weighted by Gasteiger charge is 2.56. The van der Waals surface area contributed by atoms with Gasteiger partial charge in [0.05, 0.1) is 11.1 Å². The van der Waals surface area contributed by atoms with Gasteiger partial charge in [-0.2, -0.15) is 13.2 Å². The Bertz CT molecular complexity index is 953. The zero-order valence-corrected chi connectivity index (χ0v) is 16.4. The van der Waals surface area contributed by atoms with E-state index in [1.165, 1.54) is 0 Å². The maximum Gasteiger partial charge on any atom is 0.417 e. The molecule has 1 aliphatic carbocycles. The highest BCUT2D eigenvalue weighted by Crippen LogP contribution is 2.52. The lowest BCUT2D eigenvalue weighted by molar-refractivity contribution is -0.138. The average molecular weight is 424 g/mol. The molecule has 4 heterocycles. The summed E-state index contributed by atoms with van der Waals surface area (Å²) in [6, 6.07) is 1.77. The van der Waals surface area contributed by atoms with Crippen LogP contribution in [0.5, 0.6) is 0 Å². The Morgan fingerprint density at radius 3 is 2.37 bits per heavy atom. The van der Waals surface area contributed by atoms with Crippen molar-refractivity contribution in [3.8, 4) is 0 Å². The smallest absolute Gasteiger partial charge is 0.347 e. The van der Waals surface area contributed by atoms with E-state index in [0.29, 0.717) is 32.6 Å². The van der Waals surface area contributed by atoms with E-state index in [-0.39, 0.29) is 35.4 Å². The Balaban J connectivity index is 1.11. The summed E-state index contributed by atoms with van der Waals surface area (Å²) in [4.78, 5) is 39.5. The van der Waals surface area contributed by atoms with Crippen LogP contribution in [0.25, 0.3) is 0 Å². The van der Waals surface area contributed by atoms with Crippen LogP contribution in [0.2, 0.25) is 0 Å². The number of pyridine rings is 1. The molecule has 2 spiro atoms. The number of aromatic nitrogens is 1. The first-order valence-electron chi connectivity index (χ1n) is 10.2. The molecule has 0 aromatic carbocycles. The molecule has 3 amide bonds. The summed E-state index contributed by atoms with van der Waals surface area (Å²) in [6.07, 6.45) is -0.673. The number of hydrogen-bond donors (Lipinski definition) is 1. The van der Waals surface area contributed by atoms with Gasteiger partial charge >= 0.3 is 12.2 Å². The monoisotopic (exact) mass is 424 g/mol. The quantitative estimate of drug-likeness (QED) is 0.785. The molecule has 0 bridgehead atoms. The number of likely N-dealkylation sites (tertiary alicyclic amines) is 2. The molecule has 5 rings (SSSR count). The van der Waals surface area contributed by atoms with Crippen LogP contribution in [0.1, 0.15) is 31.2 Å². The third kappa shape index (κ3) is 3.16. The number of amides is 3. The molecule has 4 fully saturated rings. The molecule has 0 radical (unpaired) electrons. The van der Waals surface area contributed by atoms with E-state index in [9.17, 15) is 27.6 Å². The van der Waals surface area contributed by atoms with Gasteiger partial charge in [-0.1, -0.05) is 0 Å². The second kappa shape index (κ2) is 6.24. The van der Waals surface area contributed by atoms with Gasteiger partial charge in [0.15, 0.2) is 0 Å². The van der Waals surface area contributed by atoms with Crippen LogP contribution < -0.4 is 10.9 Å². The van der Waals surface area contributed by atoms with Crippen molar-refractivity contribution in [1.82, 2.24) is 19.7 Å². The first-order valence-corrected chi connectivity index (χ1v) is 10.2. The first kappa shape index (κ1) is 19.4. The van der Waals surface area contributed by atoms with Gasteiger partial charge in [0.1, 0.15) is 0 Å².